The van der Waals surface area contributed by atoms with Crippen LogP contribution < -0.4 is 31.1 Å². The zero-order valence-corrected chi connectivity index (χ0v) is 51.1. The third-order valence-corrected chi connectivity index (χ3v) is 21.6. The number of methoxy groups -OCH3 is 4. The van der Waals surface area contributed by atoms with Crippen molar-refractivity contribution in [2.45, 2.75) is 81.3 Å². The molecule has 11 rings (SSSR count). The van der Waals surface area contributed by atoms with Crippen molar-refractivity contribution in [1.29, 1.82) is 0 Å². The summed E-state index contributed by atoms with van der Waals surface area (Å²) in [6, 6.07) is 47.0. The van der Waals surface area contributed by atoms with Crippen molar-refractivity contribution in [2.75, 3.05) is 68.0 Å². The van der Waals surface area contributed by atoms with Crippen LogP contribution >= 0.6 is 0 Å². The standard InChI is InChI=1S/C64H74N12O9Si/c1-41(74(5)6)73-58-53-60(69-38-67-58)76(40-71-53)61-54(79-9)49(50(83-61)35-81-64(42-20-14-11-15-21-42,43-26-30-45(77-7)31-27-43)44-28-32-46(78-8)33-29-44)34-72-82-36-51-55(56(80-10)62(84-51)75-39-70-52-57(65)66-37-68-59(52)75)85-86(63(2,3)4,47-22-16-12-17-23-47)48-24-18-13-19-25-48/h11-33,37-40,49-51,54-56,61-62,72H,34-36H2,1-10H3,(H2,65,66,68)/b73-41+/t49-,50-,51-,54-,55-,56-,61-,62-/m1/s1. The van der Waals surface area contributed by atoms with E-state index in [9.17, 15) is 0 Å². The Morgan fingerprint density at radius 2 is 1.13 bits per heavy atom. The van der Waals surface area contributed by atoms with Gasteiger partial charge in [-0.15, -0.1) is 0 Å². The number of benzene rings is 5. The predicted octanol–water partition coefficient (Wildman–Crippen LogP) is 7.79. The number of ether oxygens (including phenoxy) is 7. The van der Waals surface area contributed by atoms with E-state index in [4.69, 9.17) is 63.1 Å². The van der Waals surface area contributed by atoms with E-state index in [2.05, 4.69) is 107 Å². The van der Waals surface area contributed by atoms with E-state index in [0.29, 0.717) is 39.6 Å². The molecule has 3 N–H and O–H groups in total. The van der Waals surface area contributed by atoms with Crippen molar-refractivity contribution < 1.29 is 42.4 Å². The second-order valence-corrected chi connectivity index (χ2v) is 26.8. The molecule has 0 amide bonds. The number of imidazole rings is 2. The maximum Gasteiger partial charge on any atom is 0.261 e. The summed E-state index contributed by atoms with van der Waals surface area (Å²) in [7, 11) is 7.24. The minimum absolute atomic E-state index is 0.0175. The Labute approximate surface area is 501 Å². The molecule has 2 aliphatic rings. The van der Waals surface area contributed by atoms with Crippen LogP contribution in [-0.4, -0.2) is 151 Å². The van der Waals surface area contributed by atoms with Crippen LogP contribution in [0.3, 0.4) is 0 Å². The number of amidine groups is 1. The minimum atomic E-state index is -3.25. The number of hydroxylamine groups is 1. The fraction of sp³-hybridized carbons (Fsp3) is 0.359. The van der Waals surface area contributed by atoms with Gasteiger partial charge in [-0.05, 0) is 63.3 Å². The van der Waals surface area contributed by atoms with Crippen LogP contribution in [0.2, 0.25) is 5.04 Å². The van der Waals surface area contributed by atoms with Gasteiger partial charge >= 0.3 is 0 Å². The van der Waals surface area contributed by atoms with Gasteiger partial charge in [0.25, 0.3) is 8.32 Å². The summed E-state index contributed by atoms with van der Waals surface area (Å²) in [5, 5.41) is 1.80. The Hall–Kier alpha value is -8.03. The van der Waals surface area contributed by atoms with Crippen LogP contribution in [0.15, 0.2) is 170 Å². The molecule has 9 aromatic rings. The third-order valence-electron chi connectivity index (χ3n) is 16.6. The quantitative estimate of drug-likeness (QED) is 0.0165. The number of fused-ring (bicyclic) bond motifs is 2. The Kier molecular flexibility index (Phi) is 17.7. The lowest BCUT2D eigenvalue weighted by Crippen LogP contribution is -2.69. The molecule has 8 atom stereocenters. The first-order valence-corrected chi connectivity index (χ1v) is 30.5. The molecule has 22 heteroatoms. The highest BCUT2D eigenvalue weighted by Crippen LogP contribution is 2.46. The molecule has 0 unspecified atom stereocenters. The number of hydrogen-bond acceptors (Lipinski definition) is 18. The van der Waals surface area contributed by atoms with Crippen molar-refractivity contribution in [3.63, 3.8) is 0 Å². The van der Waals surface area contributed by atoms with Crippen molar-refractivity contribution >= 4 is 58.5 Å². The van der Waals surface area contributed by atoms with Gasteiger partial charge in [-0.2, -0.15) is 0 Å². The van der Waals surface area contributed by atoms with Crippen LogP contribution in [0.1, 0.15) is 56.8 Å². The van der Waals surface area contributed by atoms with Crippen LogP contribution in [-0.2, 0) is 38.5 Å². The minimum Gasteiger partial charge on any atom is -0.497 e. The second-order valence-electron chi connectivity index (χ2n) is 22.6. The van der Waals surface area contributed by atoms with Crippen LogP contribution in [0.25, 0.3) is 22.3 Å². The van der Waals surface area contributed by atoms with Crippen molar-refractivity contribution in [1.82, 2.24) is 49.4 Å². The van der Waals surface area contributed by atoms with Crippen molar-refractivity contribution in [3.8, 4) is 11.5 Å². The molecule has 0 bridgehead atoms. The van der Waals surface area contributed by atoms with E-state index in [1.54, 1.807) is 41.1 Å². The average molecular weight is 1180 g/mol. The number of nitrogen functional groups attached to an aromatic ring is 1. The zero-order valence-electron chi connectivity index (χ0n) is 50.1. The molecule has 0 saturated carbocycles. The fourth-order valence-corrected chi connectivity index (χ4v) is 16.8. The molecule has 0 aliphatic carbocycles. The first-order chi connectivity index (χ1) is 41.7. The molecule has 0 spiro atoms. The highest BCUT2D eigenvalue weighted by molar-refractivity contribution is 6.99. The van der Waals surface area contributed by atoms with Gasteiger partial charge in [-0.3, -0.25) is 14.0 Å². The summed E-state index contributed by atoms with van der Waals surface area (Å²) in [4.78, 5) is 40.9. The number of anilines is 1. The lowest BCUT2D eigenvalue weighted by atomic mass is 9.80. The van der Waals surface area contributed by atoms with E-state index in [1.807, 2.05) is 114 Å². The molecule has 21 nitrogen and oxygen atoms in total. The van der Waals surface area contributed by atoms with E-state index in [1.165, 1.54) is 12.7 Å². The maximum absolute atomic E-state index is 7.92. The van der Waals surface area contributed by atoms with E-state index in [0.717, 1.165) is 32.9 Å². The van der Waals surface area contributed by atoms with E-state index < -0.39 is 67.9 Å². The number of nitrogens with two attached hydrogens (primary N) is 1. The number of hydrogen-bond donors (Lipinski definition) is 2. The van der Waals surface area contributed by atoms with Gasteiger partial charge in [0.05, 0.1) is 46.2 Å². The van der Waals surface area contributed by atoms with Gasteiger partial charge in [0.15, 0.2) is 40.9 Å². The maximum atomic E-state index is 7.92. The Balaban J connectivity index is 0.960. The Morgan fingerprint density at radius 1 is 0.616 bits per heavy atom. The number of rotatable bonds is 22. The molecule has 448 valence electrons. The average Bonchev–Trinajstić information content (AvgIpc) is 1.31. The first-order valence-electron chi connectivity index (χ1n) is 28.6. The molecule has 86 heavy (non-hydrogen) atoms. The van der Waals surface area contributed by atoms with Crippen molar-refractivity contribution in [3.05, 3.63) is 182 Å². The monoisotopic (exact) mass is 1180 g/mol. The molecular weight excluding hydrogens is 1110 g/mol. The lowest BCUT2D eigenvalue weighted by molar-refractivity contribution is -0.0974. The van der Waals surface area contributed by atoms with Gasteiger partial charge in [-0.25, -0.2) is 40.4 Å². The summed E-state index contributed by atoms with van der Waals surface area (Å²) < 4.78 is 57.9. The second kappa shape index (κ2) is 25.5. The van der Waals surface area contributed by atoms with Gasteiger partial charge in [-0.1, -0.05) is 136 Å². The van der Waals surface area contributed by atoms with Gasteiger partial charge in [0.1, 0.15) is 65.5 Å². The van der Waals surface area contributed by atoms with Crippen LogP contribution in [0, 0.1) is 5.92 Å². The molecule has 5 aromatic carbocycles. The topological polar surface area (TPSA) is 224 Å². The van der Waals surface area contributed by atoms with Crippen molar-refractivity contribution in [2.24, 2.45) is 10.9 Å². The van der Waals surface area contributed by atoms with E-state index in [-0.39, 0.29) is 25.6 Å². The van der Waals surface area contributed by atoms with Crippen LogP contribution in [0.5, 0.6) is 11.5 Å². The number of nitrogens with zero attached hydrogens (tertiary/aromatic N) is 10. The summed E-state index contributed by atoms with van der Waals surface area (Å²) in [5.41, 5.74) is 13.1. The Bertz CT molecular complexity index is 3640. The predicted molar refractivity (Wildman–Crippen MR) is 329 cm³/mol. The summed E-state index contributed by atoms with van der Waals surface area (Å²) in [6.07, 6.45) is 1.36. The molecule has 4 aromatic heterocycles. The van der Waals surface area contributed by atoms with Gasteiger partial charge < -0.3 is 48.2 Å². The number of nitrogens with one attached hydrogen (secondary N) is 1. The molecule has 2 fully saturated rings. The smallest absolute Gasteiger partial charge is 0.261 e. The molecular formula is C64H74N12O9Si. The summed E-state index contributed by atoms with van der Waals surface area (Å²) in [6.45, 7) is 8.94. The highest BCUT2D eigenvalue weighted by atomic mass is 28.4. The molecule has 6 heterocycles. The lowest BCUT2D eigenvalue weighted by Gasteiger charge is -2.45. The van der Waals surface area contributed by atoms with Gasteiger partial charge in [0.2, 0.25) is 0 Å². The van der Waals surface area contributed by atoms with E-state index >= 15 is 0 Å². The normalized spacial score (nSPS) is 21.1. The Morgan fingerprint density at radius 3 is 1.67 bits per heavy atom. The molecule has 2 aliphatic heterocycles. The molecule has 2 saturated heterocycles. The summed E-state index contributed by atoms with van der Waals surface area (Å²) >= 11 is 0. The van der Waals surface area contributed by atoms with Gasteiger partial charge in [0, 0.05) is 40.8 Å². The first kappa shape index (κ1) is 59.7. The summed E-state index contributed by atoms with van der Waals surface area (Å²) in [5.74, 6) is 2.39. The largest absolute Gasteiger partial charge is 0.497 e. The van der Waals surface area contributed by atoms with Crippen LogP contribution in [0.4, 0.5) is 11.6 Å². The highest BCUT2D eigenvalue weighted by Gasteiger charge is 2.57. The number of aliphatic imine (C=N–C) groups is 1. The SMILES string of the molecule is COc1ccc(C(OC[C@H]2O[C@@H](n3cnc4c(/N=C(\C)N(C)C)ncnc43)[C@H](OC)[C@@H]2CNOC[C@H]2O[C@@H](n3cnc4c(N)ncnc43)[C@H](OC)[C@@H]2O[Si](c2ccccc2)(c2ccccc2)C(C)(C)C)(c2ccccc2)c2ccc(OC)cc2)cc1. The fourth-order valence-electron chi connectivity index (χ4n) is 12.1. The number of aromatic nitrogens is 8. The third kappa shape index (κ3) is 11.2. The molecule has 0 radical (unpaired) electrons. The zero-order chi connectivity index (χ0) is 60.2.